The molecule has 1 atom stereocenters. The van der Waals surface area contributed by atoms with Crippen molar-refractivity contribution < 1.29 is 19.0 Å². The van der Waals surface area contributed by atoms with Gasteiger partial charge in [0.05, 0.1) is 19.5 Å². The van der Waals surface area contributed by atoms with Gasteiger partial charge in [-0.1, -0.05) is 0 Å². The number of hydrogen-bond acceptors (Lipinski definition) is 4. The highest BCUT2D eigenvalue weighted by Crippen LogP contribution is 2.17. The predicted molar refractivity (Wildman–Crippen MR) is 66.9 cm³/mol. The van der Waals surface area contributed by atoms with E-state index in [0.29, 0.717) is 12.2 Å². The normalized spacial score (nSPS) is 12.1. The van der Waals surface area contributed by atoms with E-state index in [9.17, 15) is 5.11 Å². The zero-order valence-corrected chi connectivity index (χ0v) is 10.2. The molecule has 0 aliphatic heterocycles. The minimum atomic E-state index is -0.585. The third-order valence-electron chi connectivity index (χ3n) is 2.52. The lowest BCUT2D eigenvalue weighted by atomic mass is 10.2. The number of aliphatic hydroxyl groups excluding tert-OH is 1. The van der Waals surface area contributed by atoms with Crippen LogP contribution < -0.4 is 9.47 Å². The lowest BCUT2D eigenvalue weighted by Gasteiger charge is -2.11. The molecule has 1 aromatic carbocycles. The first kappa shape index (κ1) is 12.5. The molecule has 0 aliphatic rings. The third-order valence-corrected chi connectivity index (χ3v) is 2.52. The lowest BCUT2D eigenvalue weighted by Crippen LogP contribution is -2.19. The van der Waals surface area contributed by atoms with Crippen molar-refractivity contribution in [2.24, 2.45) is 0 Å². The monoisotopic (exact) mass is 248 g/mol. The molecule has 96 valence electrons. The summed E-state index contributed by atoms with van der Waals surface area (Å²) < 4.78 is 15.7. The van der Waals surface area contributed by atoms with Crippen LogP contribution in [0, 0.1) is 0 Å². The standard InChI is InChI=1S/C14H16O4/c1-16-12-4-6-13(7-5-12)18-10-11(15)9-14-3-2-8-17-14/h2-8,11,15H,9-10H2,1H3. The Kier molecular flexibility index (Phi) is 4.25. The summed E-state index contributed by atoms with van der Waals surface area (Å²) in [5.41, 5.74) is 0. The van der Waals surface area contributed by atoms with Crippen molar-refractivity contribution in [1.29, 1.82) is 0 Å². The van der Waals surface area contributed by atoms with Crippen LogP contribution in [0.15, 0.2) is 47.1 Å². The van der Waals surface area contributed by atoms with E-state index in [-0.39, 0.29) is 6.61 Å². The summed E-state index contributed by atoms with van der Waals surface area (Å²) in [5, 5.41) is 9.77. The van der Waals surface area contributed by atoms with Crippen molar-refractivity contribution in [3.8, 4) is 11.5 Å². The highest BCUT2D eigenvalue weighted by atomic mass is 16.5. The molecular formula is C14H16O4. The summed E-state index contributed by atoms with van der Waals surface area (Å²) in [6.45, 7) is 0.229. The molecule has 2 aromatic rings. The van der Waals surface area contributed by atoms with Gasteiger partial charge in [-0.2, -0.15) is 0 Å². The zero-order chi connectivity index (χ0) is 12.8. The van der Waals surface area contributed by atoms with Crippen LogP contribution in [0.25, 0.3) is 0 Å². The molecule has 0 fully saturated rings. The number of ether oxygens (including phenoxy) is 2. The maximum absolute atomic E-state index is 9.77. The molecule has 0 bridgehead atoms. The Hall–Kier alpha value is -1.94. The molecule has 1 heterocycles. The van der Waals surface area contributed by atoms with Gasteiger partial charge in [-0.05, 0) is 36.4 Å². The van der Waals surface area contributed by atoms with Crippen LogP contribution in [0.2, 0.25) is 0 Å². The van der Waals surface area contributed by atoms with Gasteiger partial charge in [0.15, 0.2) is 0 Å². The van der Waals surface area contributed by atoms with Crippen molar-refractivity contribution in [1.82, 2.24) is 0 Å². The summed E-state index contributed by atoms with van der Waals surface area (Å²) in [6, 6.07) is 10.9. The SMILES string of the molecule is COc1ccc(OCC(O)Cc2ccco2)cc1. The largest absolute Gasteiger partial charge is 0.497 e. The van der Waals surface area contributed by atoms with Crippen molar-refractivity contribution in [2.75, 3.05) is 13.7 Å². The molecule has 18 heavy (non-hydrogen) atoms. The number of rotatable bonds is 6. The molecule has 0 saturated carbocycles. The summed E-state index contributed by atoms with van der Waals surface area (Å²) in [5.74, 6) is 2.23. The first-order valence-electron chi connectivity index (χ1n) is 5.75. The quantitative estimate of drug-likeness (QED) is 0.852. The topological polar surface area (TPSA) is 51.8 Å². The van der Waals surface area contributed by atoms with Crippen LogP contribution >= 0.6 is 0 Å². The fourth-order valence-corrected chi connectivity index (χ4v) is 1.58. The second-order valence-electron chi connectivity index (χ2n) is 3.92. The highest BCUT2D eigenvalue weighted by molar-refractivity contribution is 5.31. The molecule has 4 heteroatoms. The molecule has 0 aliphatic carbocycles. The average molecular weight is 248 g/mol. The Morgan fingerprint density at radius 2 is 1.89 bits per heavy atom. The predicted octanol–water partition coefficient (Wildman–Crippen LogP) is 2.27. The molecule has 0 amide bonds. The minimum Gasteiger partial charge on any atom is -0.497 e. The van der Waals surface area contributed by atoms with Gasteiger partial charge in [0.1, 0.15) is 23.9 Å². The van der Waals surface area contributed by atoms with Gasteiger partial charge >= 0.3 is 0 Å². The number of furan rings is 1. The van der Waals surface area contributed by atoms with E-state index in [1.54, 1.807) is 31.6 Å². The number of hydrogen-bond donors (Lipinski definition) is 1. The molecule has 1 unspecified atom stereocenters. The maximum Gasteiger partial charge on any atom is 0.119 e. The van der Waals surface area contributed by atoms with E-state index >= 15 is 0 Å². The van der Waals surface area contributed by atoms with Gasteiger partial charge in [0.2, 0.25) is 0 Å². The van der Waals surface area contributed by atoms with Crippen LogP contribution in [0.3, 0.4) is 0 Å². The fourth-order valence-electron chi connectivity index (χ4n) is 1.58. The van der Waals surface area contributed by atoms with E-state index in [4.69, 9.17) is 13.9 Å². The molecule has 4 nitrogen and oxygen atoms in total. The number of aliphatic hydroxyl groups is 1. The van der Waals surface area contributed by atoms with Crippen LogP contribution in [0.5, 0.6) is 11.5 Å². The van der Waals surface area contributed by atoms with Gasteiger partial charge in [-0.3, -0.25) is 0 Å². The van der Waals surface area contributed by atoms with Gasteiger partial charge in [0.25, 0.3) is 0 Å². The van der Waals surface area contributed by atoms with Crippen molar-refractivity contribution in [2.45, 2.75) is 12.5 Å². The maximum atomic E-state index is 9.77. The lowest BCUT2D eigenvalue weighted by molar-refractivity contribution is 0.103. The van der Waals surface area contributed by atoms with Gasteiger partial charge < -0.3 is 19.0 Å². The van der Waals surface area contributed by atoms with E-state index in [2.05, 4.69) is 0 Å². The Morgan fingerprint density at radius 1 is 1.17 bits per heavy atom. The summed E-state index contributed by atoms with van der Waals surface area (Å²) in [4.78, 5) is 0. The smallest absolute Gasteiger partial charge is 0.119 e. The number of benzene rings is 1. The van der Waals surface area contributed by atoms with E-state index in [1.807, 2.05) is 18.2 Å². The van der Waals surface area contributed by atoms with E-state index in [0.717, 1.165) is 11.5 Å². The zero-order valence-electron chi connectivity index (χ0n) is 10.2. The minimum absolute atomic E-state index is 0.229. The van der Waals surface area contributed by atoms with Crippen molar-refractivity contribution in [3.05, 3.63) is 48.4 Å². The average Bonchev–Trinajstić information content (AvgIpc) is 2.90. The van der Waals surface area contributed by atoms with Crippen molar-refractivity contribution >= 4 is 0 Å². The molecule has 0 saturated heterocycles. The van der Waals surface area contributed by atoms with Crippen LogP contribution in [0.4, 0.5) is 0 Å². The molecule has 0 spiro atoms. The number of methoxy groups -OCH3 is 1. The highest BCUT2D eigenvalue weighted by Gasteiger charge is 2.08. The fraction of sp³-hybridized carbons (Fsp3) is 0.286. The van der Waals surface area contributed by atoms with E-state index < -0.39 is 6.10 Å². The second kappa shape index (κ2) is 6.12. The Labute approximate surface area is 106 Å². The molecule has 1 N–H and O–H groups in total. The first-order chi connectivity index (χ1) is 8.78. The molecule has 1 aromatic heterocycles. The second-order valence-corrected chi connectivity index (χ2v) is 3.92. The van der Waals surface area contributed by atoms with Gasteiger partial charge in [-0.25, -0.2) is 0 Å². The van der Waals surface area contributed by atoms with E-state index in [1.165, 1.54) is 0 Å². The molecular weight excluding hydrogens is 232 g/mol. The Morgan fingerprint density at radius 3 is 2.50 bits per heavy atom. The molecule has 2 rings (SSSR count). The third kappa shape index (κ3) is 3.53. The summed E-state index contributed by atoms with van der Waals surface area (Å²) in [7, 11) is 1.61. The van der Waals surface area contributed by atoms with Crippen LogP contribution in [0.1, 0.15) is 5.76 Å². The summed E-state index contributed by atoms with van der Waals surface area (Å²) >= 11 is 0. The van der Waals surface area contributed by atoms with Crippen molar-refractivity contribution in [3.63, 3.8) is 0 Å². The first-order valence-corrected chi connectivity index (χ1v) is 5.75. The Balaban J connectivity index is 1.79. The van der Waals surface area contributed by atoms with Crippen LogP contribution in [-0.2, 0) is 6.42 Å². The Bertz CT molecular complexity index is 447. The summed E-state index contributed by atoms with van der Waals surface area (Å²) in [6.07, 6.45) is 1.45. The van der Waals surface area contributed by atoms with Gasteiger partial charge in [0, 0.05) is 6.42 Å². The van der Waals surface area contributed by atoms with Crippen LogP contribution in [-0.4, -0.2) is 24.9 Å². The molecule has 0 radical (unpaired) electrons. The van der Waals surface area contributed by atoms with Gasteiger partial charge in [-0.15, -0.1) is 0 Å².